The minimum atomic E-state index is -4.34. The van der Waals surface area contributed by atoms with E-state index in [0.29, 0.717) is 5.56 Å². The van der Waals surface area contributed by atoms with Crippen molar-refractivity contribution in [2.45, 2.75) is 37.9 Å². The van der Waals surface area contributed by atoms with E-state index in [2.05, 4.69) is 4.90 Å². The molecule has 3 nitrogen and oxygen atoms in total. The Kier molecular flexibility index (Phi) is 5.47. The highest BCUT2D eigenvalue weighted by atomic mass is 19.4. The highest BCUT2D eigenvalue weighted by molar-refractivity contribution is 5.92. The monoisotopic (exact) mass is 352 g/mol. The van der Waals surface area contributed by atoms with Gasteiger partial charge in [-0.05, 0) is 62.5 Å². The van der Waals surface area contributed by atoms with Gasteiger partial charge in [0.2, 0.25) is 5.91 Å². The van der Waals surface area contributed by atoms with E-state index in [1.165, 1.54) is 31.1 Å². The quantitative estimate of drug-likeness (QED) is 0.770. The summed E-state index contributed by atoms with van der Waals surface area (Å²) in [6.45, 7) is 3.91. The van der Waals surface area contributed by atoms with Gasteiger partial charge in [-0.2, -0.15) is 13.2 Å². The van der Waals surface area contributed by atoms with Crippen LogP contribution in [-0.4, -0.2) is 47.9 Å². The molecule has 1 aromatic rings. The number of carbonyl (C=O) groups excluding carboxylic acids is 1. The van der Waals surface area contributed by atoms with E-state index >= 15 is 0 Å². The fourth-order valence-electron chi connectivity index (χ4n) is 3.63. The second kappa shape index (κ2) is 7.60. The number of carbonyl (C=O) groups is 1. The van der Waals surface area contributed by atoms with Gasteiger partial charge in [0.15, 0.2) is 0 Å². The van der Waals surface area contributed by atoms with Crippen molar-refractivity contribution in [1.29, 1.82) is 0 Å². The molecule has 6 heteroatoms. The van der Waals surface area contributed by atoms with Crippen LogP contribution in [0.2, 0.25) is 0 Å². The molecule has 2 aliphatic heterocycles. The Morgan fingerprint density at radius 3 is 2.40 bits per heavy atom. The number of rotatable bonds is 4. The maximum absolute atomic E-state index is 12.6. The fraction of sp³-hybridized carbons (Fsp3) is 0.526. The first-order valence-electron chi connectivity index (χ1n) is 8.82. The summed E-state index contributed by atoms with van der Waals surface area (Å²) < 4.78 is 37.7. The number of nitrogens with zero attached hydrogens (tertiary/aromatic N) is 2. The van der Waals surface area contributed by atoms with Crippen molar-refractivity contribution >= 4 is 12.0 Å². The summed E-state index contributed by atoms with van der Waals surface area (Å²) in [6, 6.07) is 5.10. The molecular weight excluding hydrogens is 329 g/mol. The molecule has 1 amide bonds. The zero-order chi connectivity index (χ0) is 17.9. The summed E-state index contributed by atoms with van der Waals surface area (Å²) in [6.07, 6.45) is 3.23. The molecule has 0 bridgehead atoms. The molecule has 2 heterocycles. The van der Waals surface area contributed by atoms with Crippen molar-refractivity contribution in [2.75, 3.05) is 26.2 Å². The largest absolute Gasteiger partial charge is 0.416 e. The van der Waals surface area contributed by atoms with Crippen LogP contribution in [0.3, 0.4) is 0 Å². The molecule has 1 aromatic carbocycles. The number of alkyl halides is 3. The molecule has 0 N–H and O–H groups in total. The Hall–Kier alpha value is -1.82. The number of benzene rings is 1. The lowest BCUT2D eigenvalue weighted by molar-refractivity contribution is -0.137. The van der Waals surface area contributed by atoms with Crippen LogP contribution in [0.4, 0.5) is 13.2 Å². The van der Waals surface area contributed by atoms with Crippen LogP contribution in [0.1, 0.15) is 36.8 Å². The van der Waals surface area contributed by atoms with Gasteiger partial charge >= 0.3 is 6.18 Å². The second-order valence-corrected chi connectivity index (χ2v) is 6.79. The number of amides is 1. The Morgan fingerprint density at radius 1 is 1.08 bits per heavy atom. The van der Waals surface area contributed by atoms with Crippen LogP contribution < -0.4 is 0 Å². The molecule has 136 valence electrons. The number of hydrogen-bond acceptors (Lipinski definition) is 2. The Labute approximate surface area is 146 Å². The first-order chi connectivity index (χ1) is 11.9. The Balaban J connectivity index is 1.59. The van der Waals surface area contributed by atoms with E-state index in [-0.39, 0.29) is 11.9 Å². The van der Waals surface area contributed by atoms with Crippen LogP contribution in [0.15, 0.2) is 30.3 Å². The third kappa shape index (κ3) is 4.63. The molecule has 0 spiro atoms. The van der Waals surface area contributed by atoms with Gasteiger partial charge in [0.25, 0.3) is 0 Å². The SMILES string of the molecule is O=C(C=Cc1ccc(C(F)(F)F)cc1)N1CCC[C@@H]1CN1CCCC1. The van der Waals surface area contributed by atoms with Crippen molar-refractivity contribution in [3.63, 3.8) is 0 Å². The van der Waals surface area contributed by atoms with Crippen molar-refractivity contribution in [2.24, 2.45) is 0 Å². The predicted molar refractivity (Wildman–Crippen MR) is 90.9 cm³/mol. The van der Waals surface area contributed by atoms with E-state index in [4.69, 9.17) is 0 Å². The lowest BCUT2D eigenvalue weighted by Crippen LogP contribution is -2.41. The minimum absolute atomic E-state index is 0.0541. The molecule has 0 saturated carbocycles. The van der Waals surface area contributed by atoms with Gasteiger partial charge in [0.1, 0.15) is 0 Å². The average Bonchev–Trinajstić information content (AvgIpc) is 3.24. The molecule has 0 radical (unpaired) electrons. The van der Waals surface area contributed by atoms with E-state index in [1.807, 2.05) is 4.90 Å². The standard InChI is InChI=1S/C19H23F3N2O/c20-19(21,22)16-8-5-15(6-9-16)7-10-18(25)24-13-3-4-17(24)14-23-11-1-2-12-23/h5-10,17H,1-4,11-14H2/t17-/m1/s1. The molecular formula is C19H23F3N2O. The Morgan fingerprint density at radius 2 is 1.76 bits per heavy atom. The van der Waals surface area contributed by atoms with Crippen LogP contribution in [0.5, 0.6) is 0 Å². The average molecular weight is 352 g/mol. The number of hydrogen-bond donors (Lipinski definition) is 0. The first-order valence-corrected chi connectivity index (χ1v) is 8.82. The lowest BCUT2D eigenvalue weighted by Gasteiger charge is -2.27. The fourth-order valence-corrected chi connectivity index (χ4v) is 3.63. The molecule has 3 rings (SSSR count). The molecule has 0 unspecified atom stereocenters. The molecule has 2 fully saturated rings. The van der Waals surface area contributed by atoms with E-state index in [1.54, 1.807) is 6.08 Å². The predicted octanol–water partition coefficient (Wildman–Crippen LogP) is 3.81. The zero-order valence-electron chi connectivity index (χ0n) is 14.1. The normalized spacial score (nSPS) is 22.2. The van der Waals surface area contributed by atoms with Crippen LogP contribution >= 0.6 is 0 Å². The van der Waals surface area contributed by atoms with Gasteiger partial charge in [-0.25, -0.2) is 0 Å². The van der Waals surface area contributed by atoms with Crippen molar-refractivity contribution in [1.82, 2.24) is 9.80 Å². The van der Waals surface area contributed by atoms with E-state index < -0.39 is 11.7 Å². The molecule has 2 aliphatic rings. The highest BCUT2D eigenvalue weighted by Gasteiger charge is 2.30. The maximum Gasteiger partial charge on any atom is 0.416 e. The summed E-state index contributed by atoms with van der Waals surface area (Å²) in [5.74, 6) is -0.0541. The van der Waals surface area contributed by atoms with Gasteiger partial charge in [-0.15, -0.1) is 0 Å². The second-order valence-electron chi connectivity index (χ2n) is 6.79. The van der Waals surface area contributed by atoms with Crippen molar-refractivity contribution < 1.29 is 18.0 Å². The highest BCUT2D eigenvalue weighted by Crippen LogP contribution is 2.29. The number of likely N-dealkylation sites (tertiary alicyclic amines) is 2. The lowest BCUT2D eigenvalue weighted by atomic mass is 10.1. The summed E-state index contributed by atoms with van der Waals surface area (Å²) in [5.41, 5.74) is -0.0853. The number of halogens is 3. The smallest absolute Gasteiger partial charge is 0.335 e. The van der Waals surface area contributed by atoms with Crippen LogP contribution in [0, 0.1) is 0 Å². The summed E-state index contributed by atoms with van der Waals surface area (Å²) in [4.78, 5) is 16.8. The molecule has 0 aromatic heterocycles. The van der Waals surface area contributed by atoms with E-state index in [0.717, 1.165) is 51.2 Å². The topological polar surface area (TPSA) is 23.6 Å². The van der Waals surface area contributed by atoms with E-state index in [9.17, 15) is 18.0 Å². The zero-order valence-corrected chi connectivity index (χ0v) is 14.1. The van der Waals surface area contributed by atoms with Gasteiger partial charge in [-0.3, -0.25) is 4.79 Å². The van der Waals surface area contributed by atoms with Crippen LogP contribution in [0.25, 0.3) is 6.08 Å². The van der Waals surface area contributed by atoms with Crippen molar-refractivity contribution in [3.05, 3.63) is 41.5 Å². The van der Waals surface area contributed by atoms with Crippen molar-refractivity contribution in [3.8, 4) is 0 Å². The first kappa shape index (κ1) is 18.0. The maximum atomic E-state index is 12.6. The molecule has 0 aliphatic carbocycles. The van der Waals surface area contributed by atoms with Gasteiger partial charge in [0, 0.05) is 25.2 Å². The molecule has 25 heavy (non-hydrogen) atoms. The Bertz CT molecular complexity index is 619. The third-order valence-electron chi connectivity index (χ3n) is 4.98. The minimum Gasteiger partial charge on any atom is -0.335 e. The summed E-state index contributed by atoms with van der Waals surface area (Å²) in [5, 5.41) is 0. The summed E-state index contributed by atoms with van der Waals surface area (Å²) >= 11 is 0. The molecule has 1 atom stereocenters. The van der Waals surface area contributed by atoms with Gasteiger partial charge in [-0.1, -0.05) is 12.1 Å². The third-order valence-corrected chi connectivity index (χ3v) is 4.98. The summed E-state index contributed by atoms with van der Waals surface area (Å²) in [7, 11) is 0. The van der Waals surface area contributed by atoms with Gasteiger partial charge < -0.3 is 9.80 Å². The van der Waals surface area contributed by atoms with Gasteiger partial charge in [0.05, 0.1) is 5.56 Å². The molecule has 2 saturated heterocycles. The van der Waals surface area contributed by atoms with Crippen LogP contribution in [-0.2, 0) is 11.0 Å².